The molecule has 8 heteroatoms. The van der Waals surface area contributed by atoms with Crippen molar-refractivity contribution in [1.82, 2.24) is 15.8 Å². The molecule has 1 atom stereocenters. The average molecular weight is 504 g/mol. The molecule has 0 aliphatic carbocycles. The van der Waals surface area contributed by atoms with E-state index in [9.17, 15) is 0 Å². The van der Waals surface area contributed by atoms with E-state index < -0.39 is 0 Å². The number of aromatic nitrogens is 1. The van der Waals surface area contributed by atoms with Crippen molar-refractivity contribution in [2.75, 3.05) is 25.0 Å². The second-order valence-electron chi connectivity index (χ2n) is 6.85. The maximum absolute atomic E-state index is 6.10. The normalized spacial score (nSPS) is 17.1. The maximum Gasteiger partial charge on any atom is 0.191 e. The van der Waals surface area contributed by atoms with Crippen LogP contribution in [0.4, 0.5) is 5.69 Å². The summed E-state index contributed by atoms with van der Waals surface area (Å²) in [7, 11) is 1.78. The molecule has 1 aromatic heterocycles. The first-order chi connectivity index (χ1) is 12.5. The molecule has 1 unspecified atom stereocenters. The zero-order chi connectivity index (χ0) is 18.5. The number of guanidine groups is 1. The molecule has 0 radical (unpaired) electrons. The summed E-state index contributed by atoms with van der Waals surface area (Å²) < 4.78 is 5.36. The Balaban J connectivity index is 0.00000261. The molecule has 0 spiro atoms. The third-order valence-electron chi connectivity index (χ3n) is 4.52. The maximum atomic E-state index is 6.10. The third-order valence-corrected chi connectivity index (χ3v) is 4.76. The second-order valence-corrected chi connectivity index (χ2v) is 7.29. The van der Waals surface area contributed by atoms with Crippen LogP contribution in [0.2, 0.25) is 5.02 Å². The molecule has 1 aliphatic rings. The Morgan fingerprint density at radius 1 is 1.41 bits per heavy atom. The summed E-state index contributed by atoms with van der Waals surface area (Å²) in [6.07, 6.45) is 1.05. The van der Waals surface area contributed by atoms with Crippen LogP contribution in [0, 0.1) is 0 Å². The van der Waals surface area contributed by atoms with Crippen molar-refractivity contribution in [3.05, 3.63) is 46.8 Å². The van der Waals surface area contributed by atoms with Crippen molar-refractivity contribution in [2.24, 2.45) is 4.99 Å². The van der Waals surface area contributed by atoms with Crippen LogP contribution in [0.15, 0.2) is 39.8 Å². The van der Waals surface area contributed by atoms with Gasteiger partial charge in [-0.1, -0.05) is 36.7 Å². The Bertz CT molecular complexity index is 764. The van der Waals surface area contributed by atoms with Gasteiger partial charge in [-0.3, -0.25) is 4.99 Å². The van der Waals surface area contributed by atoms with Gasteiger partial charge in [0, 0.05) is 43.0 Å². The highest BCUT2D eigenvalue weighted by atomic mass is 127. The lowest BCUT2D eigenvalue weighted by Crippen LogP contribution is -2.44. The van der Waals surface area contributed by atoms with Gasteiger partial charge in [-0.15, -0.1) is 24.0 Å². The summed E-state index contributed by atoms with van der Waals surface area (Å²) in [6.45, 7) is 6.67. The van der Waals surface area contributed by atoms with E-state index in [1.807, 2.05) is 24.3 Å². The number of benzene rings is 1. The molecule has 2 aromatic rings. The standard InChI is InChI=1S/C19H26ClN5O.HI/c1-13(2)18-10-17(26-24-18)11-22-19(21-3)23-15-7-8-25(12-15)16-6-4-5-14(20)9-16;/h4-6,9-10,13,15H,7-8,11-12H2,1-3H3,(H2,21,22,23);1H. The first-order valence-corrected chi connectivity index (χ1v) is 9.36. The third kappa shape index (κ3) is 6.00. The Morgan fingerprint density at radius 3 is 2.89 bits per heavy atom. The quantitative estimate of drug-likeness (QED) is 0.367. The minimum atomic E-state index is 0. The predicted molar refractivity (Wildman–Crippen MR) is 121 cm³/mol. The van der Waals surface area contributed by atoms with Gasteiger partial charge >= 0.3 is 0 Å². The van der Waals surface area contributed by atoms with Gasteiger partial charge in [0.05, 0.1) is 12.2 Å². The molecular weight excluding hydrogens is 477 g/mol. The molecule has 148 valence electrons. The highest BCUT2D eigenvalue weighted by Crippen LogP contribution is 2.23. The number of aliphatic imine (C=N–C) groups is 1. The smallest absolute Gasteiger partial charge is 0.191 e. The molecular formula is C19H27ClIN5O. The summed E-state index contributed by atoms with van der Waals surface area (Å²) in [4.78, 5) is 6.65. The van der Waals surface area contributed by atoms with Crippen LogP contribution in [-0.4, -0.2) is 37.3 Å². The fourth-order valence-corrected chi connectivity index (χ4v) is 3.21. The summed E-state index contributed by atoms with van der Waals surface area (Å²) in [6, 6.07) is 10.3. The average Bonchev–Trinajstić information content (AvgIpc) is 3.28. The van der Waals surface area contributed by atoms with Crippen molar-refractivity contribution in [2.45, 2.75) is 38.8 Å². The van der Waals surface area contributed by atoms with Crippen molar-refractivity contribution in [1.29, 1.82) is 0 Å². The number of nitrogens with one attached hydrogen (secondary N) is 2. The molecule has 1 fully saturated rings. The minimum Gasteiger partial charge on any atom is -0.369 e. The number of rotatable bonds is 5. The largest absolute Gasteiger partial charge is 0.369 e. The topological polar surface area (TPSA) is 65.7 Å². The molecule has 2 heterocycles. The van der Waals surface area contributed by atoms with Crippen LogP contribution in [0.25, 0.3) is 0 Å². The molecule has 1 aromatic carbocycles. The zero-order valence-electron chi connectivity index (χ0n) is 15.9. The van der Waals surface area contributed by atoms with Gasteiger partial charge in [0.1, 0.15) is 0 Å². The van der Waals surface area contributed by atoms with E-state index in [0.717, 1.165) is 47.6 Å². The van der Waals surface area contributed by atoms with Crippen LogP contribution >= 0.6 is 35.6 Å². The van der Waals surface area contributed by atoms with E-state index in [1.165, 1.54) is 0 Å². The van der Waals surface area contributed by atoms with Crippen LogP contribution in [0.5, 0.6) is 0 Å². The molecule has 0 saturated carbocycles. The van der Waals surface area contributed by atoms with Gasteiger partial charge in [0.15, 0.2) is 11.7 Å². The minimum absolute atomic E-state index is 0. The Hall–Kier alpha value is -1.48. The summed E-state index contributed by atoms with van der Waals surface area (Å²) >= 11 is 6.10. The van der Waals surface area contributed by atoms with E-state index in [1.54, 1.807) is 7.05 Å². The molecule has 0 bridgehead atoms. The highest BCUT2D eigenvalue weighted by molar-refractivity contribution is 14.0. The lowest BCUT2D eigenvalue weighted by Gasteiger charge is -2.20. The van der Waals surface area contributed by atoms with Crippen LogP contribution in [0.1, 0.15) is 37.6 Å². The number of hydrogen-bond acceptors (Lipinski definition) is 4. The van der Waals surface area contributed by atoms with Crippen LogP contribution < -0.4 is 15.5 Å². The Morgan fingerprint density at radius 2 is 2.22 bits per heavy atom. The highest BCUT2D eigenvalue weighted by Gasteiger charge is 2.23. The van der Waals surface area contributed by atoms with E-state index in [0.29, 0.717) is 18.5 Å². The molecule has 27 heavy (non-hydrogen) atoms. The predicted octanol–water partition coefficient (Wildman–Crippen LogP) is 4.01. The molecule has 6 nitrogen and oxygen atoms in total. The summed E-state index contributed by atoms with van der Waals surface area (Å²) in [5.74, 6) is 1.94. The summed E-state index contributed by atoms with van der Waals surface area (Å²) in [5.41, 5.74) is 2.13. The van der Waals surface area contributed by atoms with Crippen molar-refractivity contribution < 1.29 is 4.52 Å². The van der Waals surface area contributed by atoms with Gasteiger partial charge in [-0.05, 0) is 30.5 Å². The Labute approximate surface area is 182 Å². The zero-order valence-corrected chi connectivity index (χ0v) is 19.0. The fourth-order valence-electron chi connectivity index (χ4n) is 3.03. The fraction of sp³-hybridized carbons (Fsp3) is 0.474. The van der Waals surface area contributed by atoms with Gasteiger partial charge < -0.3 is 20.1 Å². The SMILES string of the molecule is CN=C(NCc1cc(C(C)C)no1)NC1CCN(c2cccc(Cl)c2)C1.I. The van der Waals surface area contributed by atoms with Gasteiger partial charge in [-0.25, -0.2) is 0 Å². The summed E-state index contributed by atoms with van der Waals surface area (Å²) in [5, 5.41) is 11.6. The van der Waals surface area contributed by atoms with Gasteiger partial charge in [0.25, 0.3) is 0 Å². The molecule has 2 N–H and O–H groups in total. The molecule has 1 aliphatic heterocycles. The number of hydrogen-bond donors (Lipinski definition) is 2. The van der Waals surface area contributed by atoms with Crippen molar-refractivity contribution in [3.63, 3.8) is 0 Å². The van der Waals surface area contributed by atoms with Crippen LogP contribution in [-0.2, 0) is 6.54 Å². The van der Waals surface area contributed by atoms with Crippen molar-refractivity contribution >= 4 is 47.2 Å². The lowest BCUT2D eigenvalue weighted by molar-refractivity contribution is 0.371. The van der Waals surface area contributed by atoms with Gasteiger partial charge in [-0.2, -0.15) is 0 Å². The molecule has 0 amide bonds. The number of anilines is 1. The van der Waals surface area contributed by atoms with E-state index in [4.69, 9.17) is 16.1 Å². The van der Waals surface area contributed by atoms with E-state index in [-0.39, 0.29) is 24.0 Å². The lowest BCUT2D eigenvalue weighted by atomic mass is 10.1. The van der Waals surface area contributed by atoms with E-state index >= 15 is 0 Å². The second kappa shape index (κ2) is 10.2. The van der Waals surface area contributed by atoms with E-state index in [2.05, 4.69) is 45.6 Å². The first-order valence-electron chi connectivity index (χ1n) is 8.98. The monoisotopic (exact) mass is 503 g/mol. The number of halogens is 2. The van der Waals surface area contributed by atoms with Crippen LogP contribution in [0.3, 0.4) is 0 Å². The Kier molecular flexibility index (Phi) is 8.22. The number of nitrogens with zero attached hydrogens (tertiary/aromatic N) is 3. The first kappa shape index (κ1) is 21.8. The molecule has 3 rings (SSSR count). The van der Waals surface area contributed by atoms with Crippen molar-refractivity contribution in [3.8, 4) is 0 Å². The molecule has 1 saturated heterocycles. The van der Waals surface area contributed by atoms with Gasteiger partial charge in [0.2, 0.25) is 0 Å².